The number of aliphatic hydroxyl groups is 5. The van der Waals surface area contributed by atoms with Gasteiger partial charge >= 0.3 is 0 Å². The lowest BCUT2D eigenvalue weighted by molar-refractivity contribution is -0.341. The van der Waals surface area contributed by atoms with Gasteiger partial charge in [-0.25, -0.2) is 0 Å². The largest absolute Gasteiger partial charge is 0.394 e. The Labute approximate surface area is 75.0 Å². The van der Waals surface area contributed by atoms with E-state index in [1.165, 1.54) is 0 Å². The van der Waals surface area contributed by atoms with Crippen LogP contribution in [0.4, 0.5) is 0 Å². The lowest BCUT2D eigenvalue weighted by Gasteiger charge is -2.43. The minimum Gasteiger partial charge on any atom is -0.394 e. The maximum atomic E-state index is 9.38. The number of ether oxygens (including phenoxy) is 1. The molecule has 1 rings (SSSR count). The summed E-state index contributed by atoms with van der Waals surface area (Å²) in [6, 6.07) is 0. The van der Waals surface area contributed by atoms with Crippen molar-refractivity contribution in [1.82, 2.24) is 0 Å². The molecule has 1 fully saturated rings. The van der Waals surface area contributed by atoms with Crippen LogP contribution in [0.1, 0.15) is 6.92 Å². The zero-order chi connectivity index (χ0) is 10.2. The van der Waals surface area contributed by atoms with Crippen LogP contribution in [0, 0.1) is 0 Å². The van der Waals surface area contributed by atoms with Crippen molar-refractivity contribution >= 4 is 0 Å². The summed E-state index contributed by atoms with van der Waals surface area (Å²) in [6.07, 6.45) is -5.61. The van der Waals surface area contributed by atoms with E-state index in [0.717, 1.165) is 6.92 Å². The fourth-order valence-corrected chi connectivity index (χ4v) is 1.31. The second kappa shape index (κ2) is 3.49. The molecule has 0 aliphatic carbocycles. The maximum absolute atomic E-state index is 9.38. The molecular formula is C7H14O6. The minimum atomic E-state index is -1.95. The Kier molecular flexibility index (Phi) is 2.91. The molecule has 1 heterocycles. The summed E-state index contributed by atoms with van der Waals surface area (Å²) in [6.45, 7) is 0.608. The van der Waals surface area contributed by atoms with E-state index >= 15 is 0 Å². The molecule has 78 valence electrons. The lowest BCUT2D eigenvalue weighted by atomic mass is 9.94. The van der Waals surface area contributed by atoms with Crippen molar-refractivity contribution in [3.05, 3.63) is 0 Å². The average Bonchev–Trinajstić information content (AvgIpc) is 2.08. The van der Waals surface area contributed by atoms with Crippen LogP contribution in [0.25, 0.3) is 0 Å². The molecule has 1 aliphatic rings. The first-order valence-corrected chi connectivity index (χ1v) is 3.95. The second-order valence-electron chi connectivity index (χ2n) is 3.32. The summed E-state index contributed by atoms with van der Waals surface area (Å²) in [5.41, 5.74) is 0. The molecule has 6 heteroatoms. The highest BCUT2D eigenvalue weighted by atomic mass is 16.7. The van der Waals surface area contributed by atoms with E-state index < -0.39 is 36.8 Å². The van der Waals surface area contributed by atoms with Gasteiger partial charge in [0.25, 0.3) is 0 Å². The van der Waals surface area contributed by atoms with Crippen molar-refractivity contribution in [2.45, 2.75) is 37.1 Å². The Bertz CT molecular complexity index is 180. The molecule has 0 saturated carbocycles. The van der Waals surface area contributed by atoms with Gasteiger partial charge in [-0.05, 0) is 6.92 Å². The van der Waals surface area contributed by atoms with Crippen molar-refractivity contribution < 1.29 is 30.3 Å². The Morgan fingerprint density at radius 3 is 2.23 bits per heavy atom. The molecule has 0 aromatic heterocycles. The standard InChI is InChI=1S/C7H14O6/c1-7(12)6(11)5(10)4(9)3(2-8)13-7/h3-6,8-12H,2H2,1H3/t3?,4-,5+,6-,7+/m1/s1. The Hall–Kier alpha value is -0.240. The van der Waals surface area contributed by atoms with Crippen molar-refractivity contribution in [2.24, 2.45) is 0 Å². The fraction of sp³-hybridized carbons (Fsp3) is 1.00. The van der Waals surface area contributed by atoms with Crippen LogP contribution >= 0.6 is 0 Å². The van der Waals surface area contributed by atoms with E-state index in [-0.39, 0.29) is 0 Å². The van der Waals surface area contributed by atoms with E-state index in [4.69, 9.17) is 9.84 Å². The highest BCUT2D eigenvalue weighted by Crippen LogP contribution is 2.27. The van der Waals surface area contributed by atoms with E-state index in [0.29, 0.717) is 0 Å². The highest BCUT2D eigenvalue weighted by molar-refractivity contribution is 4.93. The van der Waals surface area contributed by atoms with E-state index in [2.05, 4.69) is 0 Å². The first kappa shape index (κ1) is 10.8. The number of aliphatic hydroxyl groups excluding tert-OH is 4. The van der Waals surface area contributed by atoms with Crippen LogP contribution in [0.15, 0.2) is 0 Å². The third kappa shape index (κ3) is 1.83. The van der Waals surface area contributed by atoms with E-state index in [1.54, 1.807) is 0 Å². The Morgan fingerprint density at radius 2 is 1.77 bits per heavy atom. The van der Waals surface area contributed by atoms with Crippen LogP contribution in [-0.2, 0) is 4.74 Å². The zero-order valence-corrected chi connectivity index (χ0v) is 7.16. The summed E-state index contributed by atoms with van der Waals surface area (Å²) < 4.78 is 4.76. The maximum Gasteiger partial charge on any atom is 0.192 e. The molecule has 5 atom stereocenters. The van der Waals surface area contributed by atoms with Gasteiger partial charge in [0.05, 0.1) is 6.61 Å². The molecular weight excluding hydrogens is 180 g/mol. The molecule has 5 N–H and O–H groups in total. The smallest absolute Gasteiger partial charge is 0.192 e. The summed E-state index contributed by atoms with van der Waals surface area (Å²) in [4.78, 5) is 0. The van der Waals surface area contributed by atoms with Gasteiger partial charge in [0.2, 0.25) is 0 Å². The van der Waals surface area contributed by atoms with Crippen LogP contribution in [0.5, 0.6) is 0 Å². The zero-order valence-electron chi connectivity index (χ0n) is 7.16. The third-order valence-electron chi connectivity index (χ3n) is 2.17. The SMILES string of the molecule is C[C@]1(O)OC(CO)[C@@H](O)[C@H](O)[C@H]1O. The number of rotatable bonds is 1. The molecule has 0 amide bonds. The first-order chi connectivity index (χ1) is 5.90. The molecule has 6 nitrogen and oxygen atoms in total. The summed E-state index contributed by atoms with van der Waals surface area (Å²) in [5.74, 6) is -1.95. The van der Waals surface area contributed by atoms with E-state index in [1.807, 2.05) is 0 Å². The van der Waals surface area contributed by atoms with Gasteiger partial charge in [0.15, 0.2) is 5.79 Å². The highest BCUT2D eigenvalue weighted by Gasteiger charge is 2.49. The normalized spacial score (nSPS) is 52.2. The molecule has 0 aromatic carbocycles. The lowest BCUT2D eigenvalue weighted by Crippen LogP contribution is -2.63. The monoisotopic (exact) mass is 194 g/mol. The quantitative estimate of drug-likeness (QED) is 0.308. The molecule has 0 radical (unpaired) electrons. The predicted octanol–water partition coefficient (Wildman–Crippen LogP) is -2.83. The molecule has 1 aliphatic heterocycles. The van der Waals surface area contributed by atoms with Crippen LogP contribution in [0.3, 0.4) is 0 Å². The van der Waals surface area contributed by atoms with Gasteiger partial charge in [-0.3, -0.25) is 0 Å². The third-order valence-corrected chi connectivity index (χ3v) is 2.17. The van der Waals surface area contributed by atoms with Crippen molar-refractivity contribution in [3.8, 4) is 0 Å². The van der Waals surface area contributed by atoms with Crippen molar-refractivity contribution in [2.75, 3.05) is 6.61 Å². The Morgan fingerprint density at radius 1 is 1.23 bits per heavy atom. The fourth-order valence-electron chi connectivity index (χ4n) is 1.31. The minimum absolute atomic E-state index is 0.541. The van der Waals surface area contributed by atoms with Gasteiger partial charge in [-0.2, -0.15) is 0 Å². The number of hydrogen-bond donors (Lipinski definition) is 5. The molecule has 0 aromatic rings. The van der Waals surface area contributed by atoms with Gasteiger partial charge in [-0.1, -0.05) is 0 Å². The average molecular weight is 194 g/mol. The van der Waals surface area contributed by atoms with Gasteiger partial charge in [0.1, 0.15) is 24.4 Å². The predicted molar refractivity (Wildman–Crippen MR) is 40.6 cm³/mol. The van der Waals surface area contributed by atoms with Crippen LogP contribution < -0.4 is 0 Å². The van der Waals surface area contributed by atoms with Crippen molar-refractivity contribution in [1.29, 1.82) is 0 Å². The topological polar surface area (TPSA) is 110 Å². The molecule has 0 spiro atoms. The van der Waals surface area contributed by atoms with Gasteiger partial charge in [0, 0.05) is 0 Å². The summed E-state index contributed by atoms with van der Waals surface area (Å²) in [5, 5.41) is 45.8. The molecule has 13 heavy (non-hydrogen) atoms. The first-order valence-electron chi connectivity index (χ1n) is 3.95. The second-order valence-corrected chi connectivity index (χ2v) is 3.32. The van der Waals surface area contributed by atoms with Crippen LogP contribution in [0.2, 0.25) is 0 Å². The Balaban J connectivity index is 2.79. The summed E-state index contributed by atoms with van der Waals surface area (Å²) >= 11 is 0. The van der Waals surface area contributed by atoms with E-state index in [9.17, 15) is 20.4 Å². The van der Waals surface area contributed by atoms with Crippen LogP contribution in [-0.4, -0.2) is 62.3 Å². The van der Waals surface area contributed by atoms with Crippen molar-refractivity contribution in [3.63, 3.8) is 0 Å². The molecule has 0 bridgehead atoms. The van der Waals surface area contributed by atoms with Gasteiger partial charge in [-0.15, -0.1) is 0 Å². The molecule has 1 saturated heterocycles. The van der Waals surface area contributed by atoms with Gasteiger partial charge < -0.3 is 30.3 Å². The molecule has 1 unspecified atom stereocenters. The summed E-state index contributed by atoms with van der Waals surface area (Å²) in [7, 11) is 0. The number of hydrogen-bond acceptors (Lipinski definition) is 6.